The van der Waals surface area contributed by atoms with Crippen LogP contribution in [0.5, 0.6) is 11.5 Å². The predicted octanol–water partition coefficient (Wildman–Crippen LogP) is 15.8. The van der Waals surface area contributed by atoms with Crippen LogP contribution in [0.2, 0.25) is 0 Å². The smallest absolute Gasteiger partial charge is 0.119 e. The molecule has 2 fully saturated rings. The highest BCUT2D eigenvalue weighted by Gasteiger charge is 2.22. The van der Waals surface area contributed by atoms with E-state index in [4.69, 9.17) is 18.9 Å². The molecule has 0 heterocycles. The highest BCUT2D eigenvalue weighted by atomic mass is 16.5. The van der Waals surface area contributed by atoms with E-state index in [0.29, 0.717) is 19.8 Å². The first-order chi connectivity index (χ1) is 28.7. The van der Waals surface area contributed by atoms with Crippen LogP contribution in [0.25, 0.3) is 0 Å². The third-order valence-electron chi connectivity index (χ3n) is 13.4. The number of unbranched alkanes of at least 4 members (excludes halogenated alkanes) is 8. The second-order valence-corrected chi connectivity index (χ2v) is 18.2. The lowest BCUT2D eigenvalue weighted by molar-refractivity contribution is -0.0313. The maximum Gasteiger partial charge on any atom is 0.119 e. The minimum Gasteiger partial charge on any atom is -0.494 e. The molecule has 1 atom stereocenters. The quantitative estimate of drug-likeness (QED) is 0.0630. The molecule has 0 aromatic heterocycles. The van der Waals surface area contributed by atoms with Gasteiger partial charge < -0.3 is 18.9 Å². The summed E-state index contributed by atoms with van der Waals surface area (Å²) in [6.45, 7) is 7.77. The van der Waals surface area contributed by atoms with Crippen molar-refractivity contribution in [2.75, 3.05) is 19.8 Å². The average Bonchev–Trinajstić information content (AvgIpc) is 3.27. The number of benzene rings is 3. The van der Waals surface area contributed by atoms with Crippen LogP contribution in [0, 0.1) is 23.7 Å². The molecule has 0 amide bonds. The van der Waals surface area contributed by atoms with Gasteiger partial charge in [0, 0.05) is 0 Å². The first-order valence-electron chi connectivity index (χ1n) is 24.4. The molecule has 0 unspecified atom stereocenters. The predicted molar refractivity (Wildman–Crippen MR) is 244 cm³/mol. The van der Waals surface area contributed by atoms with Crippen LogP contribution in [0.1, 0.15) is 191 Å². The summed E-state index contributed by atoms with van der Waals surface area (Å²) in [5, 5.41) is 0. The molecule has 2 saturated carbocycles. The Bertz CT molecular complexity index is 1410. The molecule has 0 aliphatic heterocycles. The molecule has 4 heteroatoms. The highest BCUT2D eigenvalue weighted by molar-refractivity contribution is 5.28. The van der Waals surface area contributed by atoms with E-state index in [1.165, 1.54) is 141 Å². The van der Waals surface area contributed by atoms with E-state index in [2.05, 4.69) is 86.6 Å². The van der Waals surface area contributed by atoms with Crippen LogP contribution in [0.4, 0.5) is 0 Å². The van der Waals surface area contributed by atoms with E-state index in [-0.39, 0.29) is 6.10 Å². The Morgan fingerprint density at radius 1 is 0.448 bits per heavy atom. The first-order valence-corrected chi connectivity index (χ1v) is 24.4. The van der Waals surface area contributed by atoms with Crippen LogP contribution in [-0.4, -0.2) is 19.8 Å². The monoisotopic (exact) mass is 795 g/mol. The number of ether oxygens (including phenoxy) is 4. The maximum atomic E-state index is 6.47. The Morgan fingerprint density at radius 3 is 1.31 bits per heavy atom. The summed E-state index contributed by atoms with van der Waals surface area (Å²) in [6.07, 6.45) is 33.3. The molecule has 3 aromatic rings. The van der Waals surface area contributed by atoms with Crippen LogP contribution in [-0.2, 0) is 22.7 Å². The van der Waals surface area contributed by atoms with Crippen molar-refractivity contribution in [3.05, 3.63) is 95.6 Å². The zero-order valence-corrected chi connectivity index (χ0v) is 37.0. The van der Waals surface area contributed by atoms with Gasteiger partial charge in [0.1, 0.15) is 17.6 Å². The van der Waals surface area contributed by atoms with E-state index in [1.807, 2.05) is 6.07 Å². The van der Waals surface area contributed by atoms with Crippen molar-refractivity contribution in [1.82, 2.24) is 0 Å². The Morgan fingerprint density at radius 2 is 0.862 bits per heavy atom. The largest absolute Gasteiger partial charge is 0.494 e. The fraction of sp³-hybridized carbons (Fsp3) is 0.667. The van der Waals surface area contributed by atoms with Crippen molar-refractivity contribution >= 4 is 0 Å². The van der Waals surface area contributed by atoms with Gasteiger partial charge in [0.05, 0.1) is 33.0 Å². The van der Waals surface area contributed by atoms with Crippen molar-refractivity contribution in [2.24, 2.45) is 23.7 Å². The summed E-state index contributed by atoms with van der Waals surface area (Å²) < 4.78 is 25.0. The first kappa shape index (κ1) is 46.2. The van der Waals surface area contributed by atoms with Gasteiger partial charge in [-0.25, -0.2) is 0 Å². The zero-order chi connectivity index (χ0) is 40.3. The van der Waals surface area contributed by atoms with Crippen molar-refractivity contribution in [2.45, 2.75) is 187 Å². The van der Waals surface area contributed by atoms with E-state index < -0.39 is 0 Å². The van der Waals surface area contributed by atoms with Gasteiger partial charge in [-0.05, 0) is 90.3 Å². The van der Waals surface area contributed by atoms with Gasteiger partial charge in [-0.2, -0.15) is 0 Å². The Kier molecular flexibility index (Phi) is 22.8. The molecule has 5 rings (SSSR count). The van der Waals surface area contributed by atoms with Gasteiger partial charge in [-0.3, -0.25) is 0 Å². The standard InChI is InChI=1S/C54H82O4/c1-3-5-7-9-12-18-45-24-28-47(29-25-45)20-16-40-56-52-36-32-49(33-37-52)42-55-44-54(51-22-14-11-15-23-51)58-43-50-34-38-53(39-35-50)57-41-17-21-48-30-26-46(27-31-48)19-13-10-8-6-4-2/h11,14-15,22-23,32-39,45-48,54H,3-10,12-13,16-21,24-31,40-44H2,1-2H3/t45?,46?,47?,48?,54-/m0/s1. The molecular weight excluding hydrogens is 713 g/mol. The molecule has 0 bridgehead atoms. The normalized spacial score (nSPS) is 20.2. The topological polar surface area (TPSA) is 36.9 Å². The van der Waals surface area contributed by atoms with Gasteiger partial charge >= 0.3 is 0 Å². The van der Waals surface area contributed by atoms with E-state index in [9.17, 15) is 0 Å². The van der Waals surface area contributed by atoms with Crippen LogP contribution < -0.4 is 9.47 Å². The maximum absolute atomic E-state index is 6.47. The third kappa shape index (κ3) is 18.6. The van der Waals surface area contributed by atoms with Gasteiger partial charge in [0.15, 0.2) is 0 Å². The third-order valence-corrected chi connectivity index (χ3v) is 13.4. The molecule has 58 heavy (non-hydrogen) atoms. The van der Waals surface area contributed by atoms with Crippen molar-refractivity contribution in [1.29, 1.82) is 0 Å². The number of hydrogen-bond donors (Lipinski definition) is 0. The lowest BCUT2D eigenvalue weighted by Crippen LogP contribution is -2.15. The van der Waals surface area contributed by atoms with Crippen molar-refractivity contribution in [3.63, 3.8) is 0 Å². The molecule has 0 N–H and O–H groups in total. The summed E-state index contributed by atoms with van der Waals surface area (Å²) in [7, 11) is 0. The summed E-state index contributed by atoms with van der Waals surface area (Å²) in [5.74, 6) is 5.68. The van der Waals surface area contributed by atoms with Crippen LogP contribution >= 0.6 is 0 Å². The Hall–Kier alpha value is -2.82. The Labute approximate surface area is 355 Å². The molecule has 0 spiro atoms. The summed E-state index contributed by atoms with van der Waals surface area (Å²) >= 11 is 0. The molecule has 3 aromatic carbocycles. The highest BCUT2D eigenvalue weighted by Crippen LogP contribution is 2.36. The average molecular weight is 795 g/mol. The second-order valence-electron chi connectivity index (χ2n) is 18.2. The van der Waals surface area contributed by atoms with Crippen molar-refractivity contribution < 1.29 is 18.9 Å². The van der Waals surface area contributed by atoms with Gasteiger partial charge in [0.2, 0.25) is 0 Å². The van der Waals surface area contributed by atoms with Gasteiger partial charge in [-0.1, -0.05) is 197 Å². The summed E-state index contributed by atoms with van der Waals surface area (Å²) in [5.41, 5.74) is 3.42. The van der Waals surface area contributed by atoms with Crippen LogP contribution in [0.3, 0.4) is 0 Å². The van der Waals surface area contributed by atoms with Gasteiger partial charge in [-0.15, -0.1) is 0 Å². The molecular formula is C54H82O4. The lowest BCUT2D eigenvalue weighted by atomic mass is 9.78. The molecule has 0 saturated heterocycles. The lowest BCUT2D eigenvalue weighted by Gasteiger charge is -2.28. The molecule has 2 aliphatic carbocycles. The summed E-state index contributed by atoms with van der Waals surface area (Å²) in [4.78, 5) is 0. The fourth-order valence-electron chi connectivity index (χ4n) is 9.57. The molecule has 0 radical (unpaired) electrons. The zero-order valence-electron chi connectivity index (χ0n) is 37.0. The molecule has 322 valence electrons. The summed E-state index contributed by atoms with van der Waals surface area (Å²) in [6, 6.07) is 27.3. The number of hydrogen-bond acceptors (Lipinski definition) is 4. The Balaban J connectivity index is 0.922. The molecule has 2 aliphatic rings. The molecule has 4 nitrogen and oxygen atoms in total. The SMILES string of the molecule is CCCCCCCC1CCC(CCCOc2ccc(COC[C@H](OCc3ccc(OCCCC4CCC(CCCCCCC)CC4)cc3)c3ccccc3)cc2)CC1. The van der Waals surface area contributed by atoms with E-state index in [0.717, 1.165) is 77.9 Å². The van der Waals surface area contributed by atoms with E-state index in [1.54, 1.807) is 0 Å². The minimum atomic E-state index is -0.147. The van der Waals surface area contributed by atoms with E-state index >= 15 is 0 Å². The van der Waals surface area contributed by atoms with Crippen molar-refractivity contribution in [3.8, 4) is 11.5 Å². The second kappa shape index (κ2) is 28.6. The fourth-order valence-corrected chi connectivity index (χ4v) is 9.57. The minimum absolute atomic E-state index is 0.147. The van der Waals surface area contributed by atoms with Crippen LogP contribution in [0.15, 0.2) is 78.9 Å². The van der Waals surface area contributed by atoms with Gasteiger partial charge in [0.25, 0.3) is 0 Å². The number of rotatable bonds is 30.